The minimum Gasteiger partial charge on any atom is -0.339 e. The van der Waals surface area contributed by atoms with Crippen molar-refractivity contribution in [2.75, 3.05) is 38.0 Å². The predicted octanol–water partition coefficient (Wildman–Crippen LogP) is 0.781. The predicted molar refractivity (Wildman–Crippen MR) is 122 cm³/mol. The maximum atomic E-state index is 12.7. The molecule has 2 aromatic carbocycles. The van der Waals surface area contributed by atoms with Crippen molar-refractivity contribution in [3.8, 4) is 0 Å². The van der Waals surface area contributed by atoms with Crippen LogP contribution in [0.2, 0.25) is 0 Å². The minimum atomic E-state index is -0.405. The maximum Gasteiger partial charge on any atom is 0.273 e. The molecule has 2 N–H and O–H groups in total. The van der Waals surface area contributed by atoms with Gasteiger partial charge < -0.3 is 10.2 Å². The summed E-state index contributed by atoms with van der Waals surface area (Å²) in [6.45, 7) is 4.00. The Kier molecular flexibility index (Phi) is 6.18. The van der Waals surface area contributed by atoms with Crippen molar-refractivity contribution in [2.24, 2.45) is 0 Å². The van der Waals surface area contributed by atoms with Gasteiger partial charge in [0.1, 0.15) is 6.54 Å². The van der Waals surface area contributed by atoms with E-state index in [-0.39, 0.29) is 30.3 Å². The van der Waals surface area contributed by atoms with Gasteiger partial charge in [-0.1, -0.05) is 29.8 Å². The molecule has 0 spiro atoms. The third-order valence-electron chi connectivity index (χ3n) is 5.60. The second kappa shape index (κ2) is 9.19. The van der Waals surface area contributed by atoms with Gasteiger partial charge in [-0.25, -0.2) is 4.68 Å². The molecule has 3 aromatic rings. The number of benzene rings is 2. The summed E-state index contributed by atoms with van der Waals surface area (Å²) in [7, 11) is 0. The van der Waals surface area contributed by atoms with E-state index < -0.39 is 11.1 Å². The highest BCUT2D eigenvalue weighted by molar-refractivity contribution is 5.92. The van der Waals surface area contributed by atoms with Crippen molar-refractivity contribution in [3.63, 3.8) is 0 Å². The molecule has 0 atom stereocenters. The van der Waals surface area contributed by atoms with Crippen LogP contribution in [0.15, 0.2) is 58.1 Å². The minimum absolute atomic E-state index is 0.103. The molecule has 2 amide bonds. The van der Waals surface area contributed by atoms with Gasteiger partial charge in [-0.15, -0.1) is 0 Å². The highest BCUT2D eigenvalue weighted by atomic mass is 16.2. The van der Waals surface area contributed by atoms with E-state index in [4.69, 9.17) is 0 Å². The van der Waals surface area contributed by atoms with E-state index in [0.29, 0.717) is 31.6 Å². The van der Waals surface area contributed by atoms with E-state index in [1.165, 1.54) is 0 Å². The number of hydrogen-bond acceptors (Lipinski definition) is 5. The van der Waals surface area contributed by atoms with Crippen LogP contribution in [0, 0.1) is 6.92 Å². The first-order valence-corrected chi connectivity index (χ1v) is 10.5. The normalized spacial score (nSPS) is 14.5. The Balaban J connectivity index is 1.32. The number of nitrogens with one attached hydrogen (secondary N) is 2. The Morgan fingerprint density at radius 3 is 2.25 bits per heavy atom. The number of hydrogen-bond donors (Lipinski definition) is 2. The van der Waals surface area contributed by atoms with Gasteiger partial charge in [0.25, 0.3) is 11.1 Å². The third kappa shape index (κ3) is 4.78. The lowest BCUT2D eigenvalue weighted by atomic mass is 10.2. The summed E-state index contributed by atoms with van der Waals surface area (Å²) in [5.74, 6) is -0.351. The monoisotopic (exact) mass is 435 g/mol. The summed E-state index contributed by atoms with van der Waals surface area (Å²) in [6.07, 6.45) is 0. The summed E-state index contributed by atoms with van der Waals surface area (Å²) in [5.41, 5.74) is 1.07. The summed E-state index contributed by atoms with van der Waals surface area (Å²) in [6, 6.07) is 14.1. The SMILES string of the molecule is Cc1ccc(NC(=O)CN2CCN(C(=O)Cn3[nH]c(=O)c4ccccc4c3=O)CC2)cc1. The number of piperazine rings is 1. The molecule has 0 bridgehead atoms. The Bertz CT molecular complexity index is 1250. The van der Waals surface area contributed by atoms with Crippen LogP contribution in [0.25, 0.3) is 10.8 Å². The second-order valence-corrected chi connectivity index (χ2v) is 7.95. The van der Waals surface area contributed by atoms with E-state index in [1.807, 2.05) is 36.1 Å². The topological polar surface area (TPSA) is 108 Å². The average molecular weight is 435 g/mol. The highest BCUT2D eigenvalue weighted by Crippen LogP contribution is 2.09. The Morgan fingerprint density at radius 2 is 1.56 bits per heavy atom. The van der Waals surface area contributed by atoms with Crippen molar-refractivity contribution in [1.29, 1.82) is 0 Å². The van der Waals surface area contributed by atoms with Gasteiger partial charge in [0, 0.05) is 31.9 Å². The molecule has 1 saturated heterocycles. The van der Waals surface area contributed by atoms with Crippen LogP contribution in [0.1, 0.15) is 5.56 Å². The number of carbonyl (C=O) groups is 2. The van der Waals surface area contributed by atoms with E-state index in [0.717, 1.165) is 15.9 Å². The lowest BCUT2D eigenvalue weighted by molar-refractivity contribution is -0.134. The van der Waals surface area contributed by atoms with Gasteiger partial charge in [0.15, 0.2) is 0 Å². The molecule has 32 heavy (non-hydrogen) atoms. The van der Waals surface area contributed by atoms with Crippen LogP contribution in [0.4, 0.5) is 5.69 Å². The molecule has 1 aliphatic heterocycles. The largest absolute Gasteiger partial charge is 0.339 e. The number of amides is 2. The summed E-state index contributed by atoms with van der Waals surface area (Å²) in [4.78, 5) is 53.5. The third-order valence-corrected chi connectivity index (χ3v) is 5.60. The Morgan fingerprint density at radius 1 is 0.906 bits per heavy atom. The number of rotatable bonds is 5. The second-order valence-electron chi connectivity index (χ2n) is 7.95. The van der Waals surface area contributed by atoms with Gasteiger partial charge in [-0.2, -0.15) is 0 Å². The molecular weight excluding hydrogens is 410 g/mol. The number of carbonyl (C=O) groups excluding carboxylic acids is 2. The smallest absolute Gasteiger partial charge is 0.273 e. The fourth-order valence-corrected chi connectivity index (χ4v) is 3.79. The number of aromatic nitrogens is 2. The molecule has 0 saturated carbocycles. The number of H-pyrrole nitrogens is 1. The molecule has 0 radical (unpaired) electrons. The molecule has 1 aromatic heterocycles. The lowest BCUT2D eigenvalue weighted by Crippen LogP contribution is -2.51. The zero-order chi connectivity index (χ0) is 22.7. The van der Waals surface area contributed by atoms with E-state index in [2.05, 4.69) is 10.4 Å². The van der Waals surface area contributed by atoms with Gasteiger partial charge >= 0.3 is 0 Å². The standard InChI is InChI=1S/C23H25N5O4/c1-16-6-8-17(9-7-16)24-20(29)14-26-10-12-27(13-11-26)21(30)15-28-23(32)19-5-3-2-4-18(19)22(31)25-28/h2-9H,10-15H2,1H3,(H,24,29)(H,25,31). The van der Waals surface area contributed by atoms with Crippen molar-refractivity contribution in [1.82, 2.24) is 19.6 Å². The van der Waals surface area contributed by atoms with Gasteiger partial charge in [0.05, 0.1) is 17.3 Å². The Labute approximate surface area is 184 Å². The van der Waals surface area contributed by atoms with Crippen LogP contribution >= 0.6 is 0 Å². The fourth-order valence-electron chi connectivity index (χ4n) is 3.79. The van der Waals surface area contributed by atoms with Crippen molar-refractivity contribution >= 4 is 28.3 Å². The molecule has 0 aliphatic carbocycles. The van der Waals surface area contributed by atoms with Crippen LogP contribution in [-0.4, -0.2) is 64.1 Å². The molecular formula is C23H25N5O4. The van der Waals surface area contributed by atoms with Gasteiger partial charge in [0.2, 0.25) is 11.8 Å². The van der Waals surface area contributed by atoms with Crippen LogP contribution in [0.3, 0.4) is 0 Å². The molecule has 1 fully saturated rings. The van der Waals surface area contributed by atoms with E-state index >= 15 is 0 Å². The number of anilines is 1. The number of aromatic amines is 1. The molecule has 2 heterocycles. The Hall–Kier alpha value is -3.72. The van der Waals surface area contributed by atoms with Crippen LogP contribution in [-0.2, 0) is 16.1 Å². The quantitative estimate of drug-likeness (QED) is 0.616. The zero-order valence-electron chi connectivity index (χ0n) is 17.8. The van der Waals surface area contributed by atoms with E-state index in [1.54, 1.807) is 29.2 Å². The molecule has 9 heteroatoms. The number of fused-ring (bicyclic) bond motifs is 1. The first kappa shape index (κ1) is 21.5. The molecule has 9 nitrogen and oxygen atoms in total. The molecule has 1 aliphatic rings. The van der Waals surface area contributed by atoms with Crippen LogP contribution < -0.4 is 16.4 Å². The number of nitrogens with zero attached hydrogens (tertiary/aromatic N) is 3. The van der Waals surface area contributed by atoms with Gasteiger partial charge in [-0.05, 0) is 31.2 Å². The van der Waals surface area contributed by atoms with Crippen molar-refractivity contribution in [3.05, 3.63) is 74.8 Å². The average Bonchev–Trinajstić information content (AvgIpc) is 2.79. The molecule has 4 rings (SSSR count). The lowest BCUT2D eigenvalue weighted by Gasteiger charge is -2.34. The summed E-state index contributed by atoms with van der Waals surface area (Å²) < 4.78 is 1.06. The fraction of sp³-hybridized carbons (Fsp3) is 0.304. The maximum absolute atomic E-state index is 12.7. The molecule has 0 unspecified atom stereocenters. The van der Waals surface area contributed by atoms with Crippen molar-refractivity contribution < 1.29 is 9.59 Å². The van der Waals surface area contributed by atoms with Crippen LogP contribution in [0.5, 0.6) is 0 Å². The highest BCUT2D eigenvalue weighted by Gasteiger charge is 2.23. The summed E-state index contributed by atoms with van der Waals surface area (Å²) in [5, 5.41) is 5.95. The number of aryl methyl sites for hydroxylation is 1. The zero-order valence-corrected chi connectivity index (χ0v) is 17.8. The summed E-state index contributed by atoms with van der Waals surface area (Å²) >= 11 is 0. The van der Waals surface area contributed by atoms with Crippen molar-refractivity contribution in [2.45, 2.75) is 13.5 Å². The molecule has 166 valence electrons. The first-order valence-electron chi connectivity index (χ1n) is 10.5. The first-order chi connectivity index (χ1) is 15.4. The van der Waals surface area contributed by atoms with E-state index in [9.17, 15) is 19.2 Å². The van der Waals surface area contributed by atoms with Gasteiger partial charge in [-0.3, -0.25) is 29.2 Å².